The third-order valence-corrected chi connectivity index (χ3v) is 4.96. The van der Waals surface area contributed by atoms with Crippen LogP contribution in [-0.2, 0) is 9.53 Å². The molecule has 19 heavy (non-hydrogen) atoms. The number of piperidine rings is 1. The molecule has 4 atom stereocenters. The van der Waals surface area contributed by atoms with E-state index in [0.717, 1.165) is 19.3 Å². The van der Waals surface area contributed by atoms with Crippen LogP contribution in [0.25, 0.3) is 0 Å². The highest BCUT2D eigenvalue weighted by atomic mass is 16.5. The Morgan fingerprint density at radius 1 is 1.32 bits per heavy atom. The SMILES string of the molecule is COCCC(C)N1C(C(=O)O)CCC2CCCCC21. The minimum absolute atomic E-state index is 0.286. The van der Waals surface area contributed by atoms with Gasteiger partial charge in [-0.3, -0.25) is 9.69 Å². The third-order valence-electron chi connectivity index (χ3n) is 4.96. The van der Waals surface area contributed by atoms with Gasteiger partial charge in [0.1, 0.15) is 6.04 Å². The predicted molar refractivity (Wildman–Crippen MR) is 74.2 cm³/mol. The first-order valence-electron chi connectivity index (χ1n) is 7.64. The summed E-state index contributed by atoms with van der Waals surface area (Å²) < 4.78 is 5.16. The number of hydrogen-bond acceptors (Lipinski definition) is 3. The number of methoxy groups -OCH3 is 1. The molecule has 0 aromatic rings. The van der Waals surface area contributed by atoms with Gasteiger partial charge < -0.3 is 9.84 Å². The van der Waals surface area contributed by atoms with E-state index in [0.29, 0.717) is 24.6 Å². The van der Waals surface area contributed by atoms with Gasteiger partial charge in [0.2, 0.25) is 0 Å². The number of ether oxygens (including phenoxy) is 1. The lowest BCUT2D eigenvalue weighted by Gasteiger charge is -2.49. The minimum atomic E-state index is -0.645. The fourth-order valence-corrected chi connectivity index (χ4v) is 3.99. The topological polar surface area (TPSA) is 49.8 Å². The summed E-state index contributed by atoms with van der Waals surface area (Å²) in [5, 5.41) is 9.50. The molecule has 2 aliphatic rings. The van der Waals surface area contributed by atoms with E-state index in [1.54, 1.807) is 7.11 Å². The van der Waals surface area contributed by atoms with Crippen LogP contribution in [0.15, 0.2) is 0 Å². The van der Waals surface area contributed by atoms with Crippen molar-refractivity contribution in [2.75, 3.05) is 13.7 Å². The quantitative estimate of drug-likeness (QED) is 0.833. The Morgan fingerprint density at radius 2 is 2.05 bits per heavy atom. The van der Waals surface area contributed by atoms with Gasteiger partial charge in [0.15, 0.2) is 0 Å². The summed E-state index contributed by atoms with van der Waals surface area (Å²) in [5.74, 6) is 0.0719. The first-order valence-corrected chi connectivity index (χ1v) is 7.64. The molecule has 0 amide bonds. The first-order chi connectivity index (χ1) is 9.15. The molecule has 0 aromatic carbocycles. The van der Waals surface area contributed by atoms with E-state index >= 15 is 0 Å². The van der Waals surface area contributed by atoms with Gasteiger partial charge in [-0.2, -0.15) is 0 Å². The van der Waals surface area contributed by atoms with E-state index in [1.807, 2.05) is 0 Å². The largest absolute Gasteiger partial charge is 0.480 e. The number of likely N-dealkylation sites (tertiary alicyclic amines) is 1. The Labute approximate surface area is 116 Å². The highest BCUT2D eigenvalue weighted by Crippen LogP contribution is 2.39. The molecule has 4 nitrogen and oxygen atoms in total. The fourth-order valence-electron chi connectivity index (χ4n) is 3.99. The van der Waals surface area contributed by atoms with Gasteiger partial charge in [-0.1, -0.05) is 12.8 Å². The average Bonchev–Trinajstić information content (AvgIpc) is 2.43. The van der Waals surface area contributed by atoms with Crippen LogP contribution in [0, 0.1) is 5.92 Å². The summed E-state index contributed by atoms with van der Waals surface area (Å²) in [6, 6.07) is 0.494. The average molecular weight is 269 g/mol. The lowest BCUT2D eigenvalue weighted by molar-refractivity contribution is -0.150. The lowest BCUT2D eigenvalue weighted by atomic mass is 9.75. The molecule has 1 aliphatic heterocycles. The number of hydrogen-bond donors (Lipinski definition) is 1. The number of carboxylic acid groups (broad SMARTS) is 1. The normalized spacial score (nSPS) is 33.7. The molecule has 110 valence electrons. The number of nitrogens with zero attached hydrogens (tertiary/aromatic N) is 1. The van der Waals surface area contributed by atoms with Crippen molar-refractivity contribution < 1.29 is 14.6 Å². The van der Waals surface area contributed by atoms with Crippen molar-refractivity contribution in [1.82, 2.24) is 4.90 Å². The zero-order chi connectivity index (χ0) is 13.8. The van der Waals surface area contributed by atoms with Crippen LogP contribution in [0.1, 0.15) is 51.9 Å². The van der Waals surface area contributed by atoms with E-state index in [2.05, 4.69) is 11.8 Å². The van der Waals surface area contributed by atoms with Gasteiger partial charge in [-0.25, -0.2) is 0 Å². The van der Waals surface area contributed by atoms with Crippen LogP contribution in [0.5, 0.6) is 0 Å². The van der Waals surface area contributed by atoms with Gasteiger partial charge in [-0.15, -0.1) is 0 Å². The van der Waals surface area contributed by atoms with Gasteiger partial charge in [0.05, 0.1) is 0 Å². The molecule has 1 saturated heterocycles. The molecule has 1 aliphatic carbocycles. The molecule has 2 rings (SSSR count). The van der Waals surface area contributed by atoms with E-state index in [4.69, 9.17) is 4.74 Å². The standard InChI is InChI=1S/C15H27NO3/c1-11(9-10-19-2)16-13-6-4-3-5-12(13)7-8-14(16)15(17)18/h11-14H,3-10H2,1-2H3,(H,17,18). The molecular formula is C15H27NO3. The minimum Gasteiger partial charge on any atom is -0.480 e. The van der Waals surface area contributed by atoms with Gasteiger partial charge in [0.25, 0.3) is 0 Å². The number of rotatable bonds is 5. The van der Waals surface area contributed by atoms with E-state index in [1.165, 1.54) is 25.7 Å². The summed E-state index contributed by atoms with van der Waals surface area (Å²) in [7, 11) is 1.71. The fraction of sp³-hybridized carbons (Fsp3) is 0.933. The van der Waals surface area contributed by atoms with Crippen LogP contribution in [0.3, 0.4) is 0 Å². The Kier molecular flexibility index (Phi) is 5.22. The van der Waals surface area contributed by atoms with Crippen LogP contribution in [-0.4, -0.2) is 47.8 Å². The lowest BCUT2D eigenvalue weighted by Crippen LogP contribution is -2.58. The van der Waals surface area contributed by atoms with Crippen LogP contribution < -0.4 is 0 Å². The molecule has 0 spiro atoms. The Morgan fingerprint density at radius 3 is 2.74 bits per heavy atom. The van der Waals surface area contributed by atoms with E-state index < -0.39 is 5.97 Å². The Hall–Kier alpha value is -0.610. The summed E-state index contributed by atoms with van der Waals surface area (Å²) in [5.41, 5.74) is 0. The summed E-state index contributed by atoms with van der Waals surface area (Å²) in [4.78, 5) is 13.8. The molecule has 0 radical (unpaired) electrons. The first kappa shape index (κ1) is 14.8. The van der Waals surface area contributed by atoms with Crippen molar-refractivity contribution in [2.45, 2.75) is 70.0 Å². The highest BCUT2D eigenvalue weighted by Gasteiger charge is 2.43. The van der Waals surface area contributed by atoms with Crippen molar-refractivity contribution >= 4 is 5.97 Å². The molecule has 4 unspecified atom stereocenters. The maximum Gasteiger partial charge on any atom is 0.320 e. The number of carbonyl (C=O) groups is 1. The van der Waals surface area contributed by atoms with Gasteiger partial charge in [-0.05, 0) is 44.9 Å². The Balaban J connectivity index is 2.11. The molecular weight excluding hydrogens is 242 g/mol. The smallest absolute Gasteiger partial charge is 0.320 e. The molecule has 4 heteroatoms. The zero-order valence-corrected chi connectivity index (χ0v) is 12.2. The predicted octanol–water partition coefficient (Wildman–Crippen LogP) is 2.52. The Bertz CT molecular complexity index is 308. The number of aliphatic carboxylic acids is 1. The van der Waals surface area contributed by atoms with Crippen LogP contribution in [0.4, 0.5) is 0 Å². The molecule has 1 heterocycles. The summed E-state index contributed by atoms with van der Waals surface area (Å²) in [6.45, 7) is 2.87. The maximum atomic E-state index is 11.5. The number of fused-ring (bicyclic) bond motifs is 1. The van der Waals surface area contributed by atoms with Crippen molar-refractivity contribution in [2.24, 2.45) is 5.92 Å². The van der Waals surface area contributed by atoms with Crippen molar-refractivity contribution in [3.63, 3.8) is 0 Å². The molecule has 2 fully saturated rings. The van der Waals surface area contributed by atoms with E-state index in [-0.39, 0.29) is 6.04 Å². The van der Waals surface area contributed by atoms with Gasteiger partial charge in [0, 0.05) is 25.8 Å². The van der Waals surface area contributed by atoms with Crippen LogP contribution >= 0.6 is 0 Å². The second-order valence-corrected chi connectivity index (χ2v) is 6.12. The maximum absolute atomic E-state index is 11.5. The monoisotopic (exact) mass is 269 g/mol. The second kappa shape index (κ2) is 6.71. The van der Waals surface area contributed by atoms with Gasteiger partial charge >= 0.3 is 5.97 Å². The second-order valence-electron chi connectivity index (χ2n) is 6.12. The van der Waals surface area contributed by atoms with Crippen LogP contribution in [0.2, 0.25) is 0 Å². The zero-order valence-electron chi connectivity index (χ0n) is 12.2. The molecule has 0 aromatic heterocycles. The number of carboxylic acids is 1. The van der Waals surface area contributed by atoms with Crippen molar-refractivity contribution in [3.8, 4) is 0 Å². The molecule has 1 N–H and O–H groups in total. The van der Waals surface area contributed by atoms with E-state index in [9.17, 15) is 9.90 Å². The molecule has 0 bridgehead atoms. The summed E-state index contributed by atoms with van der Waals surface area (Å²) in [6.07, 6.45) is 7.85. The van der Waals surface area contributed by atoms with Crippen molar-refractivity contribution in [3.05, 3.63) is 0 Å². The van der Waals surface area contributed by atoms with Crippen molar-refractivity contribution in [1.29, 1.82) is 0 Å². The highest BCUT2D eigenvalue weighted by molar-refractivity contribution is 5.73. The third kappa shape index (κ3) is 3.29. The summed E-state index contributed by atoms with van der Waals surface area (Å²) >= 11 is 0. The molecule has 1 saturated carbocycles.